The Kier molecular flexibility index (Phi) is 5.27. The topological polar surface area (TPSA) is 81.5 Å². The van der Waals surface area contributed by atoms with Crippen LogP contribution in [0.2, 0.25) is 0 Å². The summed E-state index contributed by atoms with van der Waals surface area (Å²) >= 11 is 0. The lowest BCUT2D eigenvalue weighted by Crippen LogP contribution is -2.23. The fourth-order valence-electron chi connectivity index (χ4n) is 2.83. The Morgan fingerprint density at radius 2 is 1.96 bits per heavy atom. The van der Waals surface area contributed by atoms with E-state index in [1.807, 2.05) is 43.6 Å². The van der Waals surface area contributed by atoms with Crippen LogP contribution in [-0.4, -0.2) is 52.0 Å². The lowest BCUT2D eigenvalue weighted by Gasteiger charge is -2.17. The molecule has 1 saturated heterocycles. The molecule has 0 aliphatic carbocycles. The minimum absolute atomic E-state index is 0.0279. The number of anilines is 2. The zero-order valence-corrected chi connectivity index (χ0v) is 13.9. The first kappa shape index (κ1) is 16.7. The number of hydrogen-bond acceptors (Lipinski definition) is 6. The molecule has 0 saturated carbocycles. The van der Waals surface area contributed by atoms with E-state index >= 15 is 0 Å². The molecule has 1 fully saturated rings. The largest absolute Gasteiger partial charge is 0.394 e. The van der Waals surface area contributed by atoms with Crippen LogP contribution in [0.1, 0.15) is 19.8 Å². The molecule has 3 N–H and O–H groups in total. The van der Waals surface area contributed by atoms with Crippen molar-refractivity contribution in [1.29, 1.82) is 0 Å². The van der Waals surface area contributed by atoms with Gasteiger partial charge in [0.05, 0.1) is 18.8 Å². The van der Waals surface area contributed by atoms with Crippen LogP contribution >= 0.6 is 0 Å². The van der Waals surface area contributed by atoms with Gasteiger partial charge in [-0.05, 0) is 37.1 Å². The number of pyridine rings is 2. The fourth-order valence-corrected chi connectivity index (χ4v) is 2.83. The van der Waals surface area contributed by atoms with E-state index in [0.29, 0.717) is 6.54 Å². The first-order valence-corrected chi connectivity index (χ1v) is 8.42. The number of aliphatic hydroxyl groups excluding tert-OH is 2. The lowest BCUT2D eigenvalue weighted by atomic mass is 10.1. The molecule has 2 atom stereocenters. The summed E-state index contributed by atoms with van der Waals surface area (Å²) in [6.45, 7) is 3.61. The van der Waals surface area contributed by atoms with Crippen LogP contribution in [0.15, 0.2) is 36.7 Å². The standard InChI is InChI=1S/C18H24N4O2/c1-2-15(12-23)21-17-5-3-13(9-19-17)14-4-6-18(20-10-14)22-8-7-16(24)11-22/h3-6,9-10,15-16,23-24H,2,7-8,11-12H2,1H3,(H,19,21)/t15-,16-/m1/s1. The van der Waals surface area contributed by atoms with Gasteiger partial charge in [-0.2, -0.15) is 0 Å². The van der Waals surface area contributed by atoms with Crippen LogP contribution in [0.25, 0.3) is 11.1 Å². The van der Waals surface area contributed by atoms with Crippen molar-refractivity contribution in [2.75, 3.05) is 29.9 Å². The van der Waals surface area contributed by atoms with E-state index < -0.39 is 0 Å². The molecule has 6 nitrogen and oxygen atoms in total. The molecule has 1 aliphatic rings. The summed E-state index contributed by atoms with van der Waals surface area (Å²) in [4.78, 5) is 11.0. The third kappa shape index (κ3) is 3.83. The summed E-state index contributed by atoms with van der Waals surface area (Å²) in [7, 11) is 0. The van der Waals surface area contributed by atoms with E-state index in [-0.39, 0.29) is 18.8 Å². The second kappa shape index (κ2) is 7.59. The molecule has 0 radical (unpaired) electrons. The van der Waals surface area contributed by atoms with E-state index in [4.69, 9.17) is 0 Å². The molecule has 24 heavy (non-hydrogen) atoms. The summed E-state index contributed by atoms with van der Waals surface area (Å²) in [6.07, 6.45) is 5.04. The molecular formula is C18H24N4O2. The first-order chi connectivity index (χ1) is 11.7. The maximum atomic E-state index is 9.62. The Morgan fingerprint density at radius 3 is 2.46 bits per heavy atom. The number of aliphatic hydroxyl groups is 2. The molecule has 3 rings (SSSR count). The van der Waals surface area contributed by atoms with Crippen molar-refractivity contribution in [3.63, 3.8) is 0 Å². The highest BCUT2D eigenvalue weighted by molar-refractivity contribution is 5.64. The quantitative estimate of drug-likeness (QED) is 0.751. The summed E-state index contributed by atoms with van der Waals surface area (Å²) in [6, 6.07) is 7.95. The Morgan fingerprint density at radius 1 is 1.21 bits per heavy atom. The predicted molar refractivity (Wildman–Crippen MR) is 95.1 cm³/mol. The third-order valence-electron chi connectivity index (χ3n) is 4.40. The molecule has 0 spiro atoms. The second-order valence-electron chi connectivity index (χ2n) is 6.16. The van der Waals surface area contributed by atoms with Gasteiger partial charge in [0.25, 0.3) is 0 Å². The van der Waals surface area contributed by atoms with Crippen LogP contribution in [0.5, 0.6) is 0 Å². The Labute approximate surface area is 142 Å². The average Bonchev–Trinajstić information content (AvgIpc) is 3.07. The van der Waals surface area contributed by atoms with Gasteiger partial charge in [-0.1, -0.05) is 6.92 Å². The van der Waals surface area contributed by atoms with Crippen LogP contribution in [0, 0.1) is 0 Å². The summed E-state index contributed by atoms with van der Waals surface area (Å²) in [5.41, 5.74) is 2.00. The molecule has 1 aliphatic heterocycles. The van der Waals surface area contributed by atoms with Crippen molar-refractivity contribution >= 4 is 11.6 Å². The van der Waals surface area contributed by atoms with Crippen molar-refractivity contribution in [3.05, 3.63) is 36.7 Å². The number of hydrogen-bond donors (Lipinski definition) is 3. The summed E-state index contributed by atoms with van der Waals surface area (Å²) in [5.74, 6) is 1.66. The van der Waals surface area contributed by atoms with Gasteiger partial charge >= 0.3 is 0 Å². The minimum Gasteiger partial charge on any atom is -0.394 e. The van der Waals surface area contributed by atoms with E-state index in [0.717, 1.165) is 42.1 Å². The van der Waals surface area contributed by atoms with Crippen molar-refractivity contribution in [3.8, 4) is 11.1 Å². The first-order valence-electron chi connectivity index (χ1n) is 8.42. The number of aromatic nitrogens is 2. The normalized spacial score (nSPS) is 18.6. The number of nitrogens with one attached hydrogen (secondary N) is 1. The van der Waals surface area contributed by atoms with E-state index in [9.17, 15) is 10.2 Å². The summed E-state index contributed by atoms with van der Waals surface area (Å²) in [5, 5.41) is 22.1. The Balaban J connectivity index is 1.68. The minimum atomic E-state index is -0.249. The van der Waals surface area contributed by atoms with Gasteiger partial charge in [0.15, 0.2) is 0 Å². The van der Waals surface area contributed by atoms with Crippen LogP contribution < -0.4 is 10.2 Å². The average molecular weight is 328 g/mol. The number of nitrogens with zero attached hydrogens (tertiary/aromatic N) is 3. The number of β-amino-alcohol motifs (C(OH)–C–C–N with tert-alkyl or cyclic N) is 1. The molecule has 0 unspecified atom stereocenters. The summed E-state index contributed by atoms with van der Waals surface area (Å²) < 4.78 is 0. The zero-order valence-electron chi connectivity index (χ0n) is 13.9. The van der Waals surface area contributed by atoms with Gasteiger partial charge in [0.2, 0.25) is 0 Å². The van der Waals surface area contributed by atoms with E-state index in [1.54, 1.807) is 0 Å². The van der Waals surface area contributed by atoms with E-state index in [1.165, 1.54) is 0 Å². The molecule has 0 aromatic carbocycles. The van der Waals surface area contributed by atoms with Gasteiger partial charge in [0, 0.05) is 36.6 Å². The molecule has 0 bridgehead atoms. The highest BCUT2D eigenvalue weighted by Crippen LogP contribution is 2.23. The Bertz CT molecular complexity index is 641. The SMILES string of the molecule is CC[C@H](CO)Nc1ccc(-c2ccc(N3CC[C@@H](O)C3)nc2)cn1. The maximum Gasteiger partial charge on any atom is 0.128 e. The molecule has 128 valence electrons. The van der Waals surface area contributed by atoms with Crippen molar-refractivity contribution < 1.29 is 10.2 Å². The Hall–Kier alpha value is -2.18. The molecular weight excluding hydrogens is 304 g/mol. The smallest absolute Gasteiger partial charge is 0.128 e. The lowest BCUT2D eigenvalue weighted by molar-refractivity contribution is 0.198. The van der Waals surface area contributed by atoms with Crippen LogP contribution in [0.4, 0.5) is 11.6 Å². The highest BCUT2D eigenvalue weighted by atomic mass is 16.3. The molecule has 2 aromatic heterocycles. The molecule has 3 heterocycles. The molecule has 0 amide bonds. The number of rotatable bonds is 6. The molecule has 6 heteroatoms. The van der Waals surface area contributed by atoms with Crippen LogP contribution in [0.3, 0.4) is 0 Å². The fraction of sp³-hybridized carbons (Fsp3) is 0.444. The third-order valence-corrected chi connectivity index (χ3v) is 4.40. The van der Waals surface area contributed by atoms with Gasteiger partial charge in [-0.25, -0.2) is 9.97 Å². The molecule has 2 aromatic rings. The zero-order chi connectivity index (χ0) is 16.9. The van der Waals surface area contributed by atoms with Gasteiger partial charge in [-0.15, -0.1) is 0 Å². The van der Waals surface area contributed by atoms with Gasteiger partial charge < -0.3 is 20.4 Å². The maximum absolute atomic E-state index is 9.62. The van der Waals surface area contributed by atoms with Crippen molar-refractivity contribution in [2.24, 2.45) is 0 Å². The highest BCUT2D eigenvalue weighted by Gasteiger charge is 2.21. The van der Waals surface area contributed by atoms with Gasteiger partial charge in [-0.3, -0.25) is 0 Å². The van der Waals surface area contributed by atoms with Crippen molar-refractivity contribution in [2.45, 2.75) is 31.9 Å². The second-order valence-corrected chi connectivity index (χ2v) is 6.16. The van der Waals surface area contributed by atoms with E-state index in [2.05, 4.69) is 20.2 Å². The van der Waals surface area contributed by atoms with Crippen LogP contribution in [-0.2, 0) is 0 Å². The van der Waals surface area contributed by atoms with Gasteiger partial charge in [0.1, 0.15) is 11.6 Å². The monoisotopic (exact) mass is 328 g/mol. The van der Waals surface area contributed by atoms with Crippen molar-refractivity contribution in [1.82, 2.24) is 9.97 Å². The predicted octanol–water partition coefficient (Wildman–Crippen LogP) is 1.90.